The Morgan fingerprint density at radius 1 is 1.28 bits per heavy atom. The van der Waals surface area contributed by atoms with Crippen LogP contribution in [-0.4, -0.2) is 23.6 Å². The summed E-state index contributed by atoms with van der Waals surface area (Å²) < 4.78 is 0. The second kappa shape index (κ2) is 5.93. The number of carbonyl (C=O) groups excluding carboxylic acids is 1. The second-order valence-electron chi connectivity index (χ2n) is 4.30. The van der Waals surface area contributed by atoms with Crippen LogP contribution in [0.3, 0.4) is 0 Å². The Labute approximate surface area is 112 Å². The number of unbranched alkanes of at least 4 members (excludes halogenated alkanes) is 1. The Hall–Kier alpha value is -1.46. The Morgan fingerprint density at radius 2 is 2.00 bits per heavy atom. The van der Waals surface area contributed by atoms with Crippen LogP contribution in [0.1, 0.15) is 19.3 Å². The molecule has 1 aliphatic rings. The average Bonchev–Trinajstić information content (AvgIpc) is 2.66. The van der Waals surface area contributed by atoms with Crippen molar-refractivity contribution in [2.45, 2.75) is 25.3 Å². The molecule has 0 unspecified atom stereocenters. The van der Waals surface area contributed by atoms with Crippen molar-refractivity contribution in [1.82, 2.24) is 5.32 Å². The third-order valence-electron chi connectivity index (χ3n) is 2.98. The highest BCUT2D eigenvalue weighted by Crippen LogP contribution is 2.20. The summed E-state index contributed by atoms with van der Waals surface area (Å²) in [4.78, 5) is 13.8. The van der Waals surface area contributed by atoms with Crippen molar-refractivity contribution in [3.05, 3.63) is 30.3 Å². The van der Waals surface area contributed by atoms with Gasteiger partial charge in [0.25, 0.3) is 5.91 Å². The molecule has 3 N–H and O–H groups in total. The molecule has 1 aromatic carbocycles. The second-order valence-corrected chi connectivity index (χ2v) is 4.68. The lowest BCUT2D eigenvalue weighted by atomic mass is 10.1. The van der Waals surface area contributed by atoms with Gasteiger partial charge in [-0.15, -0.1) is 0 Å². The Bertz CT molecular complexity index is 435. The number of benzene rings is 1. The van der Waals surface area contributed by atoms with E-state index in [2.05, 4.69) is 5.32 Å². The molecule has 1 heterocycles. The Kier molecular flexibility index (Phi) is 4.28. The van der Waals surface area contributed by atoms with Crippen molar-refractivity contribution < 1.29 is 4.79 Å². The molecular weight excluding hydrogens is 246 g/mol. The smallest absolute Gasteiger partial charge is 0.255 e. The number of nitrogens with zero attached hydrogens (tertiary/aromatic N) is 1. The highest BCUT2D eigenvalue weighted by atomic mass is 32.1. The molecule has 1 amide bonds. The predicted molar refractivity (Wildman–Crippen MR) is 76.4 cm³/mol. The molecule has 2 rings (SSSR count). The lowest BCUT2D eigenvalue weighted by Crippen LogP contribution is -2.31. The minimum absolute atomic E-state index is 0.0308. The number of nitrogens with one attached hydrogen (secondary N) is 1. The molecule has 0 radical (unpaired) electrons. The van der Waals surface area contributed by atoms with Gasteiger partial charge in [0.1, 0.15) is 6.04 Å². The number of anilines is 1. The fourth-order valence-electron chi connectivity index (χ4n) is 2.04. The molecule has 4 nitrogen and oxygen atoms in total. The molecule has 1 aliphatic heterocycles. The van der Waals surface area contributed by atoms with Crippen LogP contribution in [-0.2, 0) is 4.79 Å². The summed E-state index contributed by atoms with van der Waals surface area (Å²) in [6.45, 7) is 0.660. The Morgan fingerprint density at radius 3 is 2.67 bits per heavy atom. The van der Waals surface area contributed by atoms with Crippen LogP contribution in [0, 0.1) is 0 Å². The van der Waals surface area contributed by atoms with Crippen molar-refractivity contribution in [3.8, 4) is 0 Å². The lowest BCUT2D eigenvalue weighted by molar-refractivity contribution is -0.118. The van der Waals surface area contributed by atoms with E-state index in [1.807, 2.05) is 30.3 Å². The van der Waals surface area contributed by atoms with Gasteiger partial charge in [0.2, 0.25) is 0 Å². The molecule has 1 fully saturated rings. The van der Waals surface area contributed by atoms with Crippen molar-refractivity contribution in [3.63, 3.8) is 0 Å². The normalized spacial score (nSPS) is 19.2. The van der Waals surface area contributed by atoms with Crippen LogP contribution in [0.5, 0.6) is 0 Å². The van der Waals surface area contributed by atoms with E-state index < -0.39 is 0 Å². The molecule has 5 heteroatoms. The van der Waals surface area contributed by atoms with Crippen LogP contribution in [0.2, 0.25) is 0 Å². The van der Waals surface area contributed by atoms with Gasteiger partial charge in [-0.25, -0.2) is 0 Å². The molecule has 0 spiro atoms. The number of amides is 1. The van der Waals surface area contributed by atoms with Gasteiger partial charge in [-0.05, 0) is 50.2 Å². The van der Waals surface area contributed by atoms with E-state index in [0.717, 1.165) is 24.9 Å². The molecule has 1 atom stereocenters. The summed E-state index contributed by atoms with van der Waals surface area (Å²) in [6, 6.07) is 9.27. The highest BCUT2D eigenvalue weighted by molar-refractivity contribution is 7.80. The number of carbonyl (C=O) groups is 1. The van der Waals surface area contributed by atoms with Gasteiger partial charge in [0.15, 0.2) is 5.11 Å². The van der Waals surface area contributed by atoms with Gasteiger partial charge < -0.3 is 11.1 Å². The third-order valence-corrected chi connectivity index (χ3v) is 3.28. The zero-order valence-corrected chi connectivity index (χ0v) is 11.0. The van der Waals surface area contributed by atoms with E-state index in [1.165, 1.54) is 0 Å². The zero-order chi connectivity index (χ0) is 13.0. The zero-order valence-electron chi connectivity index (χ0n) is 10.1. The third kappa shape index (κ3) is 2.68. The maximum Gasteiger partial charge on any atom is 0.255 e. The standard InChI is InChI=1S/C13H17N3OS/c14-9-5-4-8-11-12(17)16(13(18)15-11)10-6-2-1-3-7-10/h1-3,6-7,11H,4-5,8-9,14H2,(H,15,18)/t11-/m0/s1. The van der Waals surface area contributed by atoms with Gasteiger partial charge >= 0.3 is 0 Å². The van der Waals surface area contributed by atoms with Crippen LogP contribution in [0.4, 0.5) is 5.69 Å². The molecule has 0 aromatic heterocycles. The van der Waals surface area contributed by atoms with Gasteiger partial charge in [-0.3, -0.25) is 9.69 Å². The molecule has 1 saturated heterocycles. The summed E-state index contributed by atoms with van der Waals surface area (Å²) in [5, 5.41) is 3.57. The fourth-order valence-corrected chi connectivity index (χ4v) is 2.38. The lowest BCUT2D eigenvalue weighted by Gasteiger charge is -2.14. The molecule has 0 aliphatic carbocycles. The monoisotopic (exact) mass is 263 g/mol. The van der Waals surface area contributed by atoms with Gasteiger partial charge in [0.05, 0.1) is 5.69 Å². The maximum atomic E-state index is 12.3. The van der Waals surface area contributed by atoms with Gasteiger partial charge in [0, 0.05) is 0 Å². The largest absolute Gasteiger partial charge is 0.350 e. The van der Waals surface area contributed by atoms with Crippen LogP contribution < -0.4 is 16.0 Å². The molecule has 0 bridgehead atoms. The SMILES string of the molecule is NCCCC[C@@H]1NC(=S)N(c2ccccc2)C1=O. The highest BCUT2D eigenvalue weighted by Gasteiger charge is 2.35. The number of hydrogen-bond donors (Lipinski definition) is 2. The van der Waals surface area contributed by atoms with Crippen LogP contribution in [0.15, 0.2) is 30.3 Å². The first-order valence-corrected chi connectivity index (χ1v) is 6.54. The first-order valence-electron chi connectivity index (χ1n) is 6.13. The van der Waals surface area contributed by atoms with Crippen LogP contribution in [0.25, 0.3) is 0 Å². The van der Waals surface area contributed by atoms with Crippen LogP contribution >= 0.6 is 12.2 Å². The average molecular weight is 263 g/mol. The molecular formula is C13H17N3OS. The summed E-state index contributed by atoms with van der Waals surface area (Å²) in [6.07, 6.45) is 2.65. The van der Waals surface area contributed by atoms with Gasteiger partial charge in [-0.1, -0.05) is 18.2 Å². The number of para-hydroxylation sites is 1. The minimum Gasteiger partial charge on any atom is -0.350 e. The molecule has 1 aromatic rings. The molecule has 0 saturated carbocycles. The topological polar surface area (TPSA) is 58.4 Å². The molecule has 96 valence electrons. The first kappa shape index (κ1) is 13.0. The number of thiocarbonyl (C=S) groups is 1. The molecule has 18 heavy (non-hydrogen) atoms. The maximum absolute atomic E-state index is 12.3. The van der Waals surface area contributed by atoms with Crippen molar-refractivity contribution >= 4 is 28.9 Å². The summed E-state index contributed by atoms with van der Waals surface area (Å²) in [5.74, 6) is 0.0308. The number of nitrogens with two attached hydrogens (primary N) is 1. The van der Waals surface area contributed by atoms with E-state index in [1.54, 1.807) is 4.90 Å². The first-order chi connectivity index (χ1) is 8.74. The summed E-state index contributed by atoms with van der Waals surface area (Å²) >= 11 is 5.22. The van der Waals surface area contributed by atoms with E-state index in [9.17, 15) is 4.79 Å². The van der Waals surface area contributed by atoms with E-state index in [-0.39, 0.29) is 11.9 Å². The predicted octanol–water partition coefficient (Wildman–Crippen LogP) is 1.41. The van der Waals surface area contributed by atoms with Gasteiger partial charge in [-0.2, -0.15) is 0 Å². The summed E-state index contributed by atoms with van der Waals surface area (Å²) in [7, 11) is 0. The number of rotatable bonds is 5. The minimum atomic E-state index is -0.204. The quantitative estimate of drug-likeness (QED) is 0.623. The number of hydrogen-bond acceptors (Lipinski definition) is 3. The Balaban J connectivity index is 2.06. The van der Waals surface area contributed by atoms with E-state index in [4.69, 9.17) is 18.0 Å². The van der Waals surface area contributed by atoms with E-state index >= 15 is 0 Å². The summed E-state index contributed by atoms with van der Waals surface area (Å²) in [5.41, 5.74) is 6.27. The van der Waals surface area contributed by atoms with Crippen molar-refractivity contribution in [2.24, 2.45) is 5.73 Å². The van der Waals surface area contributed by atoms with E-state index in [0.29, 0.717) is 11.7 Å². The fraction of sp³-hybridized carbons (Fsp3) is 0.385. The van der Waals surface area contributed by atoms with Crippen molar-refractivity contribution in [2.75, 3.05) is 11.4 Å². The van der Waals surface area contributed by atoms with Crippen molar-refractivity contribution in [1.29, 1.82) is 0 Å².